The van der Waals surface area contributed by atoms with Gasteiger partial charge in [-0.2, -0.15) is 26.3 Å². The van der Waals surface area contributed by atoms with Crippen LogP contribution in [0.4, 0.5) is 26.3 Å². The molecule has 0 saturated carbocycles. The van der Waals surface area contributed by atoms with Gasteiger partial charge in [-0.3, -0.25) is 4.90 Å². The predicted octanol–water partition coefficient (Wildman–Crippen LogP) is 4.94. The van der Waals surface area contributed by atoms with Gasteiger partial charge in [0.05, 0.1) is 11.1 Å². The lowest BCUT2D eigenvalue weighted by atomic mass is 9.84. The maximum Gasteiger partial charge on any atom is 0.416 e. The van der Waals surface area contributed by atoms with Gasteiger partial charge in [-0.25, -0.2) is 0 Å². The van der Waals surface area contributed by atoms with Gasteiger partial charge in [0.1, 0.15) is 0 Å². The van der Waals surface area contributed by atoms with E-state index in [9.17, 15) is 26.3 Å². The van der Waals surface area contributed by atoms with Crippen molar-refractivity contribution in [3.8, 4) is 0 Å². The standard InChI is InChI=1S/C18H22F6N2O.2ClH/c19-17(20,21)14-9-13(10-15(11-14)18(22,23)24)16(12-1-7-27-8-2-12)26-5-3-25-4-6-26;;/h9-12,16,25H,1-8H2;2*1H/t16-;;/m0../s1. The molecule has 3 nitrogen and oxygen atoms in total. The molecule has 29 heavy (non-hydrogen) atoms. The Balaban J connectivity index is 0.00000210. The summed E-state index contributed by atoms with van der Waals surface area (Å²) in [6, 6.07) is 1.48. The van der Waals surface area contributed by atoms with E-state index in [0.717, 1.165) is 12.1 Å². The number of rotatable bonds is 3. The minimum Gasteiger partial charge on any atom is -0.381 e. The lowest BCUT2D eigenvalue weighted by Crippen LogP contribution is -2.47. The summed E-state index contributed by atoms with van der Waals surface area (Å²) in [4.78, 5) is 2.00. The number of nitrogens with one attached hydrogen (secondary N) is 1. The molecule has 0 radical (unpaired) electrons. The molecular formula is C18H24Cl2F6N2O. The maximum absolute atomic E-state index is 13.3. The molecule has 2 aliphatic heterocycles. The van der Waals surface area contributed by atoms with Crippen molar-refractivity contribution in [3.05, 3.63) is 34.9 Å². The number of benzene rings is 1. The Kier molecular flexibility index (Phi) is 9.54. The molecule has 1 atom stereocenters. The van der Waals surface area contributed by atoms with Gasteiger partial charge >= 0.3 is 12.4 Å². The van der Waals surface area contributed by atoms with Gasteiger partial charge in [0.25, 0.3) is 0 Å². The molecule has 3 rings (SSSR count). The third-order valence-corrected chi connectivity index (χ3v) is 5.21. The molecule has 0 spiro atoms. The maximum atomic E-state index is 13.3. The quantitative estimate of drug-likeness (QED) is 0.635. The van der Waals surface area contributed by atoms with Crippen LogP contribution in [0.3, 0.4) is 0 Å². The summed E-state index contributed by atoms with van der Waals surface area (Å²) < 4.78 is 85.0. The fourth-order valence-electron chi connectivity index (χ4n) is 3.92. The zero-order valence-corrected chi connectivity index (χ0v) is 17.1. The molecular weight excluding hydrogens is 445 g/mol. The molecule has 2 aliphatic rings. The summed E-state index contributed by atoms with van der Waals surface area (Å²) in [5.74, 6) is -0.0404. The highest BCUT2D eigenvalue weighted by atomic mass is 35.5. The Morgan fingerprint density at radius 2 is 1.34 bits per heavy atom. The van der Waals surface area contributed by atoms with Gasteiger partial charge in [0.2, 0.25) is 0 Å². The summed E-state index contributed by atoms with van der Waals surface area (Å²) in [5.41, 5.74) is -2.41. The van der Waals surface area contributed by atoms with E-state index in [-0.39, 0.29) is 42.4 Å². The summed E-state index contributed by atoms with van der Waals surface area (Å²) in [6.45, 7) is 3.42. The van der Waals surface area contributed by atoms with Gasteiger partial charge in [0.15, 0.2) is 0 Å². The van der Waals surface area contributed by atoms with Crippen LogP contribution < -0.4 is 5.32 Å². The first-order valence-corrected chi connectivity index (χ1v) is 8.98. The minimum atomic E-state index is -4.83. The normalized spacial score (nSPS) is 20.5. The van der Waals surface area contributed by atoms with E-state index in [1.54, 1.807) is 0 Å². The van der Waals surface area contributed by atoms with Crippen LogP contribution in [0.5, 0.6) is 0 Å². The molecule has 0 amide bonds. The summed E-state index contributed by atoms with van der Waals surface area (Å²) >= 11 is 0. The van der Waals surface area contributed by atoms with Crippen LogP contribution in [0.15, 0.2) is 18.2 Å². The Bertz CT molecular complexity index is 594. The predicted molar refractivity (Wildman–Crippen MR) is 102 cm³/mol. The van der Waals surface area contributed by atoms with Crippen molar-refractivity contribution in [1.82, 2.24) is 10.2 Å². The lowest BCUT2D eigenvalue weighted by Gasteiger charge is -2.41. The van der Waals surface area contributed by atoms with E-state index in [1.807, 2.05) is 4.90 Å². The van der Waals surface area contributed by atoms with E-state index in [2.05, 4.69) is 5.32 Å². The lowest BCUT2D eigenvalue weighted by molar-refractivity contribution is -0.143. The number of piperazine rings is 1. The highest BCUT2D eigenvalue weighted by molar-refractivity contribution is 5.85. The van der Waals surface area contributed by atoms with Crippen molar-refractivity contribution in [2.75, 3.05) is 39.4 Å². The molecule has 1 aromatic carbocycles. The van der Waals surface area contributed by atoms with Gasteiger partial charge in [0, 0.05) is 45.4 Å². The third-order valence-electron chi connectivity index (χ3n) is 5.21. The fourth-order valence-corrected chi connectivity index (χ4v) is 3.92. The van der Waals surface area contributed by atoms with Crippen LogP contribution in [0, 0.1) is 5.92 Å². The van der Waals surface area contributed by atoms with Crippen LogP contribution in [0.25, 0.3) is 0 Å². The smallest absolute Gasteiger partial charge is 0.381 e. The third kappa shape index (κ3) is 6.62. The summed E-state index contributed by atoms with van der Waals surface area (Å²) in [5, 5.41) is 3.17. The van der Waals surface area contributed by atoms with E-state index < -0.39 is 29.5 Å². The molecule has 2 saturated heterocycles. The van der Waals surface area contributed by atoms with Crippen LogP contribution in [-0.2, 0) is 17.1 Å². The zero-order valence-electron chi connectivity index (χ0n) is 15.5. The fraction of sp³-hybridized carbons (Fsp3) is 0.667. The molecule has 0 aromatic heterocycles. The van der Waals surface area contributed by atoms with Crippen LogP contribution in [0.1, 0.15) is 35.6 Å². The monoisotopic (exact) mass is 468 g/mol. The molecule has 0 bridgehead atoms. The van der Waals surface area contributed by atoms with Crippen molar-refractivity contribution in [2.24, 2.45) is 5.92 Å². The largest absolute Gasteiger partial charge is 0.416 e. The Labute approximate surface area is 178 Å². The van der Waals surface area contributed by atoms with E-state index >= 15 is 0 Å². The van der Waals surface area contributed by atoms with Gasteiger partial charge in [-0.05, 0) is 42.5 Å². The summed E-state index contributed by atoms with van der Waals surface area (Å²) in [6.07, 6.45) is -8.43. The number of hydrogen-bond acceptors (Lipinski definition) is 3. The average Bonchev–Trinajstić information content (AvgIpc) is 2.62. The first-order chi connectivity index (χ1) is 12.7. The first kappa shape index (κ1) is 26.3. The van der Waals surface area contributed by atoms with Crippen molar-refractivity contribution in [1.29, 1.82) is 0 Å². The Morgan fingerprint density at radius 1 is 0.862 bits per heavy atom. The molecule has 1 N–H and O–H groups in total. The number of ether oxygens (including phenoxy) is 1. The van der Waals surface area contributed by atoms with Crippen molar-refractivity contribution in [3.63, 3.8) is 0 Å². The Hall–Kier alpha value is -0.740. The van der Waals surface area contributed by atoms with E-state index in [1.165, 1.54) is 0 Å². The average molecular weight is 469 g/mol. The van der Waals surface area contributed by atoms with Crippen LogP contribution >= 0.6 is 24.8 Å². The molecule has 0 unspecified atom stereocenters. The second-order valence-corrected chi connectivity index (χ2v) is 7.02. The molecule has 1 aromatic rings. The van der Waals surface area contributed by atoms with Gasteiger partial charge in [-0.1, -0.05) is 0 Å². The molecule has 168 valence electrons. The minimum absolute atomic E-state index is 0. The molecule has 2 fully saturated rings. The zero-order chi connectivity index (χ0) is 19.7. The van der Waals surface area contributed by atoms with Crippen molar-refractivity contribution < 1.29 is 31.1 Å². The number of alkyl halides is 6. The highest BCUT2D eigenvalue weighted by Gasteiger charge is 2.39. The van der Waals surface area contributed by atoms with E-state index in [4.69, 9.17) is 4.74 Å². The van der Waals surface area contributed by atoms with Gasteiger partial charge in [-0.15, -0.1) is 24.8 Å². The Morgan fingerprint density at radius 3 is 1.79 bits per heavy atom. The van der Waals surface area contributed by atoms with Crippen LogP contribution in [0.2, 0.25) is 0 Å². The van der Waals surface area contributed by atoms with Crippen LogP contribution in [-0.4, -0.2) is 44.3 Å². The molecule has 11 heteroatoms. The SMILES string of the molecule is Cl.Cl.FC(F)(F)c1cc([C@H](C2CCOCC2)N2CCNCC2)cc(C(F)(F)F)c1. The number of nitrogens with zero attached hydrogens (tertiary/aromatic N) is 1. The van der Waals surface area contributed by atoms with Gasteiger partial charge < -0.3 is 10.1 Å². The second-order valence-electron chi connectivity index (χ2n) is 7.02. The molecule has 2 heterocycles. The van der Waals surface area contributed by atoms with Crippen molar-refractivity contribution in [2.45, 2.75) is 31.2 Å². The highest BCUT2D eigenvalue weighted by Crippen LogP contribution is 2.41. The number of hydrogen-bond donors (Lipinski definition) is 1. The number of halogens is 8. The molecule has 0 aliphatic carbocycles. The topological polar surface area (TPSA) is 24.5 Å². The first-order valence-electron chi connectivity index (χ1n) is 8.98. The van der Waals surface area contributed by atoms with E-state index in [0.29, 0.717) is 52.2 Å². The second kappa shape index (κ2) is 10.5. The summed E-state index contributed by atoms with van der Waals surface area (Å²) in [7, 11) is 0. The van der Waals surface area contributed by atoms with Crippen molar-refractivity contribution >= 4 is 24.8 Å².